The maximum atomic E-state index is 13.6. The van der Waals surface area contributed by atoms with Crippen LogP contribution < -0.4 is 4.72 Å². The first kappa shape index (κ1) is 15.5. The van der Waals surface area contributed by atoms with Crippen molar-refractivity contribution >= 4 is 10.0 Å². The zero-order chi connectivity index (χ0) is 15.5. The number of aliphatic hydroxyl groups is 1. The number of hydrogen-bond donors (Lipinski definition) is 2. The first-order chi connectivity index (χ1) is 9.92. The van der Waals surface area contributed by atoms with Gasteiger partial charge in [-0.05, 0) is 24.6 Å². The highest BCUT2D eigenvalue weighted by Gasteiger charge is 2.19. The molecule has 0 aliphatic rings. The molecule has 0 aliphatic carbocycles. The van der Waals surface area contributed by atoms with Gasteiger partial charge < -0.3 is 9.63 Å². The Balaban J connectivity index is 2.07. The predicted octanol–water partition coefficient (Wildman–Crippen LogP) is 0.530. The third kappa shape index (κ3) is 3.84. The Labute approximate surface area is 120 Å². The number of hydrogen-bond acceptors (Lipinski definition) is 6. The largest absolute Gasteiger partial charge is 0.392 e. The van der Waals surface area contributed by atoms with Gasteiger partial charge in [-0.25, -0.2) is 17.5 Å². The molecule has 2 N–H and O–H groups in total. The Kier molecular flexibility index (Phi) is 4.66. The molecule has 0 aliphatic heterocycles. The summed E-state index contributed by atoms with van der Waals surface area (Å²) in [6.07, 6.45) is 0.196. The molecule has 21 heavy (non-hydrogen) atoms. The van der Waals surface area contributed by atoms with E-state index in [9.17, 15) is 12.8 Å². The van der Waals surface area contributed by atoms with Crippen LogP contribution in [0.25, 0.3) is 0 Å². The number of sulfonamides is 1. The molecular formula is C12H14FN3O4S. The Bertz CT molecular complexity index is 730. The maximum Gasteiger partial charge on any atom is 0.243 e. The van der Waals surface area contributed by atoms with Crippen LogP contribution in [0, 0.1) is 12.7 Å². The number of benzene rings is 1. The van der Waals surface area contributed by atoms with Crippen molar-refractivity contribution < 1.29 is 22.4 Å². The SMILES string of the molecule is Cc1noc(CCNS(=O)(=O)c2cc(CO)ccc2F)n1. The molecule has 1 aromatic heterocycles. The van der Waals surface area contributed by atoms with Crippen molar-refractivity contribution in [1.29, 1.82) is 0 Å². The van der Waals surface area contributed by atoms with Crippen LogP contribution in [0.1, 0.15) is 17.3 Å². The molecule has 0 radical (unpaired) electrons. The van der Waals surface area contributed by atoms with Gasteiger partial charge in [0, 0.05) is 13.0 Å². The van der Waals surface area contributed by atoms with Gasteiger partial charge in [-0.2, -0.15) is 4.98 Å². The predicted molar refractivity (Wildman–Crippen MR) is 70.3 cm³/mol. The fraction of sp³-hybridized carbons (Fsp3) is 0.333. The molecule has 0 saturated carbocycles. The van der Waals surface area contributed by atoms with Crippen LogP contribution >= 0.6 is 0 Å². The monoisotopic (exact) mass is 315 g/mol. The Morgan fingerprint density at radius 1 is 1.43 bits per heavy atom. The van der Waals surface area contributed by atoms with E-state index in [1.165, 1.54) is 6.07 Å². The minimum absolute atomic E-state index is 0.00718. The van der Waals surface area contributed by atoms with Gasteiger partial charge in [-0.3, -0.25) is 0 Å². The van der Waals surface area contributed by atoms with E-state index in [0.29, 0.717) is 17.3 Å². The van der Waals surface area contributed by atoms with Crippen LogP contribution in [0.15, 0.2) is 27.6 Å². The second-order valence-electron chi connectivity index (χ2n) is 4.31. The average Bonchev–Trinajstić information content (AvgIpc) is 2.84. The van der Waals surface area contributed by atoms with Gasteiger partial charge in [0.1, 0.15) is 10.7 Å². The van der Waals surface area contributed by atoms with Crippen LogP contribution in [0.2, 0.25) is 0 Å². The summed E-state index contributed by atoms with van der Waals surface area (Å²) in [6, 6.07) is 3.41. The lowest BCUT2D eigenvalue weighted by Crippen LogP contribution is -2.27. The lowest BCUT2D eigenvalue weighted by atomic mass is 10.2. The fourth-order valence-corrected chi connectivity index (χ4v) is 2.82. The van der Waals surface area contributed by atoms with Gasteiger partial charge in [0.15, 0.2) is 5.82 Å². The van der Waals surface area contributed by atoms with Crippen molar-refractivity contribution in [2.24, 2.45) is 0 Å². The summed E-state index contributed by atoms with van der Waals surface area (Å²) in [5.74, 6) is -0.136. The molecule has 0 saturated heterocycles. The third-order valence-electron chi connectivity index (χ3n) is 2.67. The van der Waals surface area contributed by atoms with Crippen molar-refractivity contribution in [1.82, 2.24) is 14.9 Å². The fourth-order valence-electron chi connectivity index (χ4n) is 1.66. The normalized spacial score (nSPS) is 11.8. The number of aromatic nitrogens is 2. The van der Waals surface area contributed by atoms with Crippen molar-refractivity contribution in [2.75, 3.05) is 6.54 Å². The zero-order valence-corrected chi connectivity index (χ0v) is 12.0. The summed E-state index contributed by atoms with van der Waals surface area (Å²) >= 11 is 0. The van der Waals surface area contributed by atoms with Crippen LogP contribution in [0.3, 0.4) is 0 Å². The first-order valence-electron chi connectivity index (χ1n) is 6.10. The first-order valence-corrected chi connectivity index (χ1v) is 7.59. The van der Waals surface area contributed by atoms with Gasteiger partial charge in [0.2, 0.25) is 15.9 Å². The van der Waals surface area contributed by atoms with Crippen molar-refractivity contribution in [3.05, 3.63) is 41.3 Å². The third-order valence-corrected chi connectivity index (χ3v) is 4.14. The Morgan fingerprint density at radius 3 is 2.81 bits per heavy atom. The number of halogens is 1. The zero-order valence-electron chi connectivity index (χ0n) is 11.2. The summed E-state index contributed by atoms with van der Waals surface area (Å²) < 4.78 is 44.7. The minimum atomic E-state index is -4.01. The van der Waals surface area contributed by atoms with Crippen LogP contribution in [0.5, 0.6) is 0 Å². The standard InChI is InChI=1S/C12H14FN3O4S/c1-8-15-12(20-16-8)4-5-14-21(18,19)11-6-9(7-17)2-3-10(11)13/h2-3,6,14,17H,4-5,7H2,1H3. The highest BCUT2D eigenvalue weighted by atomic mass is 32.2. The van der Waals surface area contributed by atoms with Crippen molar-refractivity contribution in [2.45, 2.75) is 24.8 Å². The number of rotatable bonds is 6. The molecule has 114 valence electrons. The molecule has 1 heterocycles. The summed E-state index contributed by atoms with van der Waals surface area (Å²) in [6.45, 7) is 1.27. The van der Waals surface area contributed by atoms with Gasteiger partial charge in [-0.15, -0.1) is 0 Å². The van der Waals surface area contributed by atoms with Gasteiger partial charge in [-0.1, -0.05) is 11.2 Å². The van der Waals surface area contributed by atoms with E-state index in [4.69, 9.17) is 9.63 Å². The summed E-state index contributed by atoms with van der Waals surface area (Å²) in [5.41, 5.74) is 0.310. The molecule has 0 atom stereocenters. The van der Waals surface area contributed by atoms with Crippen molar-refractivity contribution in [3.63, 3.8) is 0 Å². The summed E-state index contributed by atoms with van der Waals surface area (Å²) in [7, 11) is -4.01. The molecule has 0 spiro atoms. The van der Waals surface area contributed by atoms with Crippen molar-refractivity contribution in [3.8, 4) is 0 Å². The van der Waals surface area contributed by atoms with E-state index in [1.54, 1.807) is 6.92 Å². The summed E-state index contributed by atoms with van der Waals surface area (Å²) in [5, 5.41) is 12.6. The van der Waals surface area contributed by atoms with E-state index in [0.717, 1.165) is 12.1 Å². The van der Waals surface area contributed by atoms with Crippen LogP contribution in [-0.2, 0) is 23.1 Å². The maximum absolute atomic E-state index is 13.6. The quantitative estimate of drug-likeness (QED) is 0.805. The molecule has 0 amide bonds. The molecule has 0 fully saturated rings. The molecule has 9 heteroatoms. The van der Waals surface area contributed by atoms with E-state index in [-0.39, 0.29) is 19.6 Å². The number of nitrogens with zero attached hydrogens (tertiary/aromatic N) is 2. The number of aryl methyl sites for hydroxylation is 1. The van der Waals surface area contributed by atoms with Crippen LogP contribution in [-0.4, -0.2) is 30.2 Å². The second-order valence-corrected chi connectivity index (χ2v) is 6.04. The van der Waals surface area contributed by atoms with Gasteiger partial charge in [0.05, 0.1) is 6.61 Å². The molecule has 7 nitrogen and oxygen atoms in total. The lowest BCUT2D eigenvalue weighted by Gasteiger charge is -2.08. The van der Waals surface area contributed by atoms with E-state index in [1.807, 2.05) is 0 Å². The lowest BCUT2D eigenvalue weighted by molar-refractivity contribution is 0.281. The molecular weight excluding hydrogens is 301 g/mol. The smallest absolute Gasteiger partial charge is 0.243 e. The van der Waals surface area contributed by atoms with E-state index in [2.05, 4.69) is 14.9 Å². The highest BCUT2D eigenvalue weighted by Crippen LogP contribution is 2.16. The number of nitrogens with one attached hydrogen (secondary N) is 1. The molecule has 0 unspecified atom stereocenters. The molecule has 1 aromatic carbocycles. The van der Waals surface area contributed by atoms with E-state index < -0.39 is 20.7 Å². The number of aliphatic hydroxyl groups excluding tert-OH is 1. The Morgan fingerprint density at radius 2 is 2.19 bits per heavy atom. The molecule has 0 bridgehead atoms. The molecule has 2 aromatic rings. The van der Waals surface area contributed by atoms with Crippen LogP contribution in [0.4, 0.5) is 4.39 Å². The van der Waals surface area contributed by atoms with Gasteiger partial charge in [0.25, 0.3) is 0 Å². The van der Waals surface area contributed by atoms with E-state index >= 15 is 0 Å². The Hall–Kier alpha value is -1.84. The molecule has 2 rings (SSSR count). The topological polar surface area (TPSA) is 105 Å². The average molecular weight is 315 g/mol. The second kappa shape index (κ2) is 6.29. The highest BCUT2D eigenvalue weighted by molar-refractivity contribution is 7.89. The van der Waals surface area contributed by atoms with Gasteiger partial charge >= 0.3 is 0 Å². The minimum Gasteiger partial charge on any atom is -0.392 e. The summed E-state index contributed by atoms with van der Waals surface area (Å²) in [4.78, 5) is 3.42.